The summed E-state index contributed by atoms with van der Waals surface area (Å²) in [7, 11) is 10.3. The Morgan fingerprint density at radius 3 is 1.25 bits per heavy atom. The highest BCUT2D eigenvalue weighted by Crippen LogP contribution is 2.48. The van der Waals surface area contributed by atoms with Gasteiger partial charge in [0.05, 0.1) is 42.7 Å². The van der Waals surface area contributed by atoms with E-state index >= 15 is 0 Å². The molecule has 0 spiro atoms. The number of nitrogens with one attached hydrogen (secondary N) is 3. The van der Waals surface area contributed by atoms with Crippen LogP contribution in [-0.4, -0.2) is 69.1 Å². The van der Waals surface area contributed by atoms with Crippen LogP contribution in [0.25, 0.3) is 0 Å². The van der Waals surface area contributed by atoms with E-state index in [2.05, 4.69) is 70.5 Å². The Kier molecular flexibility index (Phi) is 12.6. The molecule has 0 saturated heterocycles. The van der Waals surface area contributed by atoms with E-state index in [9.17, 15) is 0 Å². The topological polar surface area (TPSA) is 110 Å². The molecule has 0 amide bonds. The van der Waals surface area contributed by atoms with E-state index in [0.717, 1.165) is 130 Å². The van der Waals surface area contributed by atoms with Gasteiger partial charge in [-0.2, -0.15) is 0 Å². The Labute approximate surface area is 349 Å². The van der Waals surface area contributed by atoms with Gasteiger partial charge in [0.2, 0.25) is 6.79 Å². The molecule has 0 aliphatic carbocycles. The summed E-state index contributed by atoms with van der Waals surface area (Å²) >= 11 is 0. The Balaban J connectivity index is 1.16. The van der Waals surface area contributed by atoms with Gasteiger partial charge in [0, 0.05) is 18.1 Å². The zero-order valence-electron chi connectivity index (χ0n) is 35.6. The second kappa shape index (κ2) is 18.2. The highest BCUT2D eigenvalue weighted by molar-refractivity contribution is 5.52. The summed E-state index contributed by atoms with van der Waals surface area (Å²) < 4.78 is 46.3. The molecular formula is C48H61N3O8. The van der Waals surface area contributed by atoms with E-state index < -0.39 is 0 Å². The van der Waals surface area contributed by atoms with Crippen LogP contribution in [0.5, 0.6) is 46.0 Å². The maximum atomic E-state index is 5.94. The molecule has 4 aromatic rings. The first-order chi connectivity index (χ1) is 28.9. The third-order valence-corrected chi connectivity index (χ3v) is 13.3. The summed E-state index contributed by atoms with van der Waals surface area (Å²) in [6.07, 6.45) is 9.76. The van der Waals surface area contributed by atoms with Crippen molar-refractivity contribution >= 4 is 0 Å². The summed E-state index contributed by atoms with van der Waals surface area (Å²) in [5.41, 5.74) is 9.09. The third-order valence-electron chi connectivity index (χ3n) is 13.3. The van der Waals surface area contributed by atoms with Crippen molar-refractivity contribution in [3.8, 4) is 46.0 Å². The van der Waals surface area contributed by atoms with Gasteiger partial charge in [0.25, 0.3) is 0 Å². The first kappa shape index (κ1) is 40.9. The maximum Gasteiger partial charge on any atom is 0.231 e. The zero-order chi connectivity index (χ0) is 40.9. The lowest BCUT2D eigenvalue weighted by Gasteiger charge is -2.40. The van der Waals surface area contributed by atoms with Gasteiger partial charge in [0.15, 0.2) is 46.0 Å². The van der Waals surface area contributed by atoms with Crippen molar-refractivity contribution in [2.24, 2.45) is 5.41 Å². The van der Waals surface area contributed by atoms with Crippen molar-refractivity contribution in [3.63, 3.8) is 0 Å². The van der Waals surface area contributed by atoms with Crippen LogP contribution in [0.4, 0.5) is 0 Å². The Morgan fingerprint density at radius 2 is 0.864 bits per heavy atom. The minimum absolute atomic E-state index is 0.0742. The standard InChI is InChI=1S/C48H61N3O8/c1-52-41-22-31-12-18-49-37(34(31)25-44(41)55-4)9-15-48(28-30-7-8-40-47(21-30)59-29-58-40,16-10-38-35-26-45(56-5)42(53-2)23-32(35)13-19-50-38)17-11-39-36-27-46(57-6)43(54-3)24-33(36)14-20-51-39/h7-8,21-27,37-39,49-51H,9-20,28-29H2,1-6H3. The van der Waals surface area contributed by atoms with E-state index in [1.165, 1.54) is 38.9 Å². The van der Waals surface area contributed by atoms with Crippen molar-refractivity contribution < 1.29 is 37.9 Å². The predicted molar refractivity (Wildman–Crippen MR) is 228 cm³/mol. The van der Waals surface area contributed by atoms with Crippen LogP contribution in [0, 0.1) is 5.41 Å². The van der Waals surface area contributed by atoms with Crippen LogP contribution in [0.3, 0.4) is 0 Å². The number of methoxy groups -OCH3 is 6. The molecule has 3 N–H and O–H groups in total. The SMILES string of the molecule is COc1cc2c(cc1OC)C(CCC(CCC1NCCc3cc(OC)c(OC)cc31)(CCC1NCCc3cc(OC)c(OC)cc31)Cc1ccc3c(c1)OCO3)NCC2. The lowest BCUT2D eigenvalue weighted by atomic mass is 9.68. The minimum Gasteiger partial charge on any atom is -0.493 e. The molecule has 0 fully saturated rings. The summed E-state index contributed by atoms with van der Waals surface area (Å²) in [6, 6.07) is 20.2. The van der Waals surface area contributed by atoms with Gasteiger partial charge in [0.1, 0.15) is 0 Å². The van der Waals surface area contributed by atoms with Crippen molar-refractivity contribution in [2.75, 3.05) is 69.1 Å². The van der Waals surface area contributed by atoms with E-state index in [-0.39, 0.29) is 30.3 Å². The van der Waals surface area contributed by atoms with Crippen LogP contribution >= 0.6 is 0 Å². The number of fused-ring (bicyclic) bond motifs is 4. The first-order valence-corrected chi connectivity index (χ1v) is 21.2. The Morgan fingerprint density at radius 1 is 0.492 bits per heavy atom. The molecule has 59 heavy (non-hydrogen) atoms. The van der Waals surface area contributed by atoms with E-state index in [0.29, 0.717) is 0 Å². The van der Waals surface area contributed by atoms with E-state index in [1.807, 2.05) is 0 Å². The van der Waals surface area contributed by atoms with Crippen LogP contribution in [0.1, 0.15) is 95.6 Å². The van der Waals surface area contributed by atoms with Crippen molar-refractivity contribution in [2.45, 2.75) is 82.3 Å². The molecule has 8 rings (SSSR count). The largest absolute Gasteiger partial charge is 0.493 e. The molecule has 11 heteroatoms. The summed E-state index contributed by atoms with van der Waals surface area (Å²) in [5.74, 6) is 6.31. The van der Waals surface area contributed by atoms with E-state index in [4.69, 9.17) is 37.9 Å². The smallest absolute Gasteiger partial charge is 0.231 e. The number of hydrogen-bond donors (Lipinski definition) is 3. The van der Waals surface area contributed by atoms with Crippen molar-refractivity contribution in [1.82, 2.24) is 16.0 Å². The molecule has 0 saturated carbocycles. The molecule has 3 atom stereocenters. The second-order valence-electron chi connectivity index (χ2n) is 16.5. The average Bonchev–Trinajstić information content (AvgIpc) is 3.76. The lowest BCUT2D eigenvalue weighted by Crippen LogP contribution is -2.36. The number of hydrogen-bond acceptors (Lipinski definition) is 11. The molecule has 3 unspecified atom stereocenters. The van der Waals surface area contributed by atoms with Gasteiger partial charge in [-0.15, -0.1) is 0 Å². The van der Waals surface area contributed by atoms with E-state index in [1.54, 1.807) is 42.7 Å². The van der Waals surface area contributed by atoms with Gasteiger partial charge in [-0.1, -0.05) is 6.07 Å². The molecule has 0 radical (unpaired) electrons. The summed E-state index contributed by atoms with van der Waals surface area (Å²) in [4.78, 5) is 0. The van der Waals surface area contributed by atoms with Gasteiger partial charge in [-0.05, 0) is 177 Å². The highest BCUT2D eigenvalue weighted by Gasteiger charge is 2.36. The molecule has 4 aliphatic rings. The number of ether oxygens (including phenoxy) is 8. The van der Waals surface area contributed by atoms with Gasteiger partial charge < -0.3 is 53.8 Å². The van der Waals surface area contributed by atoms with Gasteiger partial charge in [-0.3, -0.25) is 0 Å². The predicted octanol–water partition coefficient (Wildman–Crippen LogP) is 8.00. The van der Waals surface area contributed by atoms with Crippen LogP contribution in [0.2, 0.25) is 0 Å². The fraction of sp³-hybridized carbons (Fsp3) is 0.500. The zero-order valence-corrected chi connectivity index (χ0v) is 35.6. The molecule has 4 aliphatic heterocycles. The number of rotatable bonds is 17. The Hall–Kier alpha value is -4.84. The quantitative estimate of drug-likeness (QED) is 0.0966. The molecule has 4 heterocycles. The van der Waals surface area contributed by atoms with Gasteiger partial charge >= 0.3 is 0 Å². The number of benzene rings is 4. The second-order valence-corrected chi connectivity index (χ2v) is 16.5. The lowest BCUT2D eigenvalue weighted by molar-refractivity contribution is 0.170. The molecule has 0 aromatic heterocycles. The third kappa shape index (κ3) is 8.60. The molecule has 4 aromatic carbocycles. The molecule has 11 nitrogen and oxygen atoms in total. The fourth-order valence-corrected chi connectivity index (χ4v) is 10.2. The van der Waals surface area contributed by atoms with Gasteiger partial charge in [-0.25, -0.2) is 0 Å². The van der Waals surface area contributed by atoms with Crippen molar-refractivity contribution in [1.29, 1.82) is 0 Å². The molecular weight excluding hydrogens is 747 g/mol. The van der Waals surface area contributed by atoms with Crippen LogP contribution in [-0.2, 0) is 25.7 Å². The normalized spacial score (nSPS) is 20.1. The Bertz CT molecular complexity index is 1920. The average molecular weight is 808 g/mol. The monoisotopic (exact) mass is 807 g/mol. The van der Waals surface area contributed by atoms with Crippen molar-refractivity contribution in [3.05, 3.63) is 93.5 Å². The fourth-order valence-electron chi connectivity index (χ4n) is 10.2. The molecule has 0 bridgehead atoms. The first-order valence-electron chi connectivity index (χ1n) is 21.2. The van der Waals surface area contributed by atoms with Crippen LogP contribution in [0.15, 0.2) is 54.6 Å². The summed E-state index contributed by atoms with van der Waals surface area (Å²) in [5, 5.41) is 11.7. The highest BCUT2D eigenvalue weighted by atomic mass is 16.7. The maximum absolute atomic E-state index is 5.94. The van der Waals surface area contributed by atoms with Crippen LogP contribution < -0.4 is 53.8 Å². The summed E-state index contributed by atoms with van der Waals surface area (Å²) in [6.45, 7) is 3.02. The minimum atomic E-state index is -0.0742. The molecule has 316 valence electrons.